The standard InChI is InChI=1S/C27H20N2/c1-28-17-19-13-22(21-8-6-12-29-18-21)15-23(14-19)27-16-20-7-2-3-9-24(20)25-10-4-5-11-26(25)27/h2-16,18H,1,17H2. The Morgan fingerprint density at radius 3 is 2.24 bits per heavy atom. The zero-order valence-electron chi connectivity index (χ0n) is 16.0. The summed E-state index contributed by atoms with van der Waals surface area (Å²) >= 11 is 0. The molecule has 0 fully saturated rings. The van der Waals surface area contributed by atoms with E-state index in [2.05, 4.69) is 95.6 Å². The van der Waals surface area contributed by atoms with Crippen LogP contribution in [0.25, 0.3) is 43.8 Å². The molecule has 1 aromatic heterocycles. The molecule has 0 saturated heterocycles. The van der Waals surface area contributed by atoms with Gasteiger partial charge in [-0.3, -0.25) is 9.98 Å². The summed E-state index contributed by atoms with van der Waals surface area (Å²) < 4.78 is 0. The summed E-state index contributed by atoms with van der Waals surface area (Å²) in [6.45, 7) is 4.28. The van der Waals surface area contributed by atoms with Crippen LogP contribution in [0, 0.1) is 0 Å². The van der Waals surface area contributed by atoms with Gasteiger partial charge in [-0.15, -0.1) is 0 Å². The topological polar surface area (TPSA) is 25.2 Å². The van der Waals surface area contributed by atoms with E-state index in [1.165, 1.54) is 32.7 Å². The van der Waals surface area contributed by atoms with Gasteiger partial charge in [-0.2, -0.15) is 0 Å². The Hall–Kier alpha value is -3.78. The molecule has 0 atom stereocenters. The maximum Gasteiger partial charge on any atom is 0.0632 e. The van der Waals surface area contributed by atoms with Crippen molar-refractivity contribution in [3.63, 3.8) is 0 Å². The van der Waals surface area contributed by atoms with Crippen molar-refractivity contribution in [1.82, 2.24) is 4.98 Å². The van der Waals surface area contributed by atoms with Crippen LogP contribution in [0.4, 0.5) is 0 Å². The lowest BCUT2D eigenvalue weighted by atomic mass is 9.91. The molecule has 0 spiro atoms. The van der Waals surface area contributed by atoms with E-state index in [1.54, 1.807) is 6.20 Å². The molecular formula is C27H20N2. The lowest BCUT2D eigenvalue weighted by Crippen LogP contribution is -1.90. The van der Waals surface area contributed by atoms with E-state index in [4.69, 9.17) is 0 Å². The lowest BCUT2D eigenvalue weighted by Gasteiger charge is -2.14. The van der Waals surface area contributed by atoms with Crippen LogP contribution in [0.5, 0.6) is 0 Å². The number of aromatic nitrogens is 1. The van der Waals surface area contributed by atoms with E-state index in [0.29, 0.717) is 6.54 Å². The minimum atomic E-state index is 0.590. The molecule has 0 bridgehead atoms. The number of aliphatic imine (C=N–C) groups is 1. The fourth-order valence-corrected chi connectivity index (χ4v) is 4.06. The number of benzene rings is 4. The van der Waals surface area contributed by atoms with Crippen LogP contribution >= 0.6 is 0 Å². The third kappa shape index (κ3) is 3.19. The third-order valence-corrected chi connectivity index (χ3v) is 5.36. The second kappa shape index (κ2) is 7.33. The molecule has 0 aliphatic carbocycles. The van der Waals surface area contributed by atoms with Crippen molar-refractivity contribution >= 4 is 28.3 Å². The predicted octanol–water partition coefficient (Wildman–Crippen LogP) is 6.92. The van der Waals surface area contributed by atoms with Crippen LogP contribution in [-0.4, -0.2) is 11.7 Å². The van der Waals surface area contributed by atoms with Gasteiger partial charge in [0.1, 0.15) is 0 Å². The molecule has 0 radical (unpaired) electrons. The van der Waals surface area contributed by atoms with Crippen molar-refractivity contribution in [3.05, 3.63) is 103 Å². The van der Waals surface area contributed by atoms with Crippen molar-refractivity contribution in [2.75, 3.05) is 0 Å². The summed E-state index contributed by atoms with van der Waals surface area (Å²) in [7, 11) is 0. The summed E-state index contributed by atoms with van der Waals surface area (Å²) in [4.78, 5) is 8.42. The van der Waals surface area contributed by atoms with Gasteiger partial charge in [0.15, 0.2) is 0 Å². The van der Waals surface area contributed by atoms with Crippen LogP contribution in [-0.2, 0) is 6.54 Å². The number of nitrogens with zero attached hydrogens (tertiary/aromatic N) is 2. The average molecular weight is 372 g/mol. The molecule has 0 saturated carbocycles. The number of pyridine rings is 1. The van der Waals surface area contributed by atoms with E-state index in [9.17, 15) is 0 Å². The van der Waals surface area contributed by atoms with Crippen LogP contribution < -0.4 is 0 Å². The van der Waals surface area contributed by atoms with E-state index >= 15 is 0 Å². The molecule has 29 heavy (non-hydrogen) atoms. The maximum atomic E-state index is 4.29. The first-order valence-corrected chi connectivity index (χ1v) is 9.71. The van der Waals surface area contributed by atoms with Gasteiger partial charge in [0.25, 0.3) is 0 Å². The number of fused-ring (bicyclic) bond motifs is 3. The largest absolute Gasteiger partial charge is 0.296 e. The summed E-state index contributed by atoms with van der Waals surface area (Å²) in [6.07, 6.45) is 3.71. The molecule has 0 aliphatic heterocycles. The fraction of sp³-hybridized carbons (Fsp3) is 0.0370. The first-order chi connectivity index (χ1) is 14.3. The molecule has 0 amide bonds. The van der Waals surface area contributed by atoms with Gasteiger partial charge in [0.2, 0.25) is 0 Å². The molecule has 5 aromatic rings. The molecule has 0 N–H and O–H groups in total. The van der Waals surface area contributed by atoms with Crippen molar-refractivity contribution in [3.8, 4) is 22.3 Å². The Balaban J connectivity index is 1.82. The van der Waals surface area contributed by atoms with Gasteiger partial charge < -0.3 is 0 Å². The molecule has 5 rings (SSSR count). The van der Waals surface area contributed by atoms with Gasteiger partial charge >= 0.3 is 0 Å². The SMILES string of the molecule is C=NCc1cc(-c2cccnc2)cc(-c2cc3ccccc3c3ccccc23)c1. The zero-order chi connectivity index (χ0) is 19.6. The highest BCUT2D eigenvalue weighted by atomic mass is 14.7. The monoisotopic (exact) mass is 372 g/mol. The van der Waals surface area contributed by atoms with Gasteiger partial charge in [-0.05, 0) is 80.8 Å². The summed E-state index contributed by atoms with van der Waals surface area (Å²) in [6, 6.07) is 30.2. The molecule has 4 aromatic carbocycles. The highest BCUT2D eigenvalue weighted by Gasteiger charge is 2.11. The Kier molecular flexibility index (Phi) is 4.38. The summed E-state index contributed by atoms with van der Waals surface area (Å²) in [5.74, 6) is 0. The van der Waals surface area contributed by atoms with Crippen molar-refractivity contribution < 1.29 is 0 Å². The number of rotatable bonds is 4. The Morgan fingerprint density at radius 2 is 1.45 bits per heavy atom. The van der Waals surface area contributed by atoms with Crippen molar-refractivity contribution in [1.29, 1.82) is 0 Å². The summed E-state index contributed by atoms with van der Waals surface area (Å²) in [5, 5.41) is 5.06. The van der Waals surface area contributed by atoms with E-state index in [-0.39, 0.29) is 0 Å². The number of hydrogen-bond donors (Lipinski definition) is 0. The molecule has 0 aliphatic rings. The fourth-order valence-electron chi connectivity index (χ4n) is 4.06. The van der Waals surface area contributed by atoms with E-state index in [0.717, 1.165) is 16.7 Å². The number of hydrogen-bond acceptors (Lipinski definition) is 2. The third-order valence-electron chi connectivity index (χ3n) is 5.36. The highest BCUT2D eigenvalue weighted by molar-refractivity contribution is 6.13. The minimum absolute atomic E-state index is 0.590. The molecule has 2 nitrogen and oxygen atoms in total. The second-order valence-electron chi connectivity index (χ2n) is 7.23. The smallest absolute Gasteiger partial charge is 0.0632 e. The van der Waals surface area contributed by atoms with Crippen LogP contribution in [0.3, 0.4) is 0 Å². The van der Waals surface area contributed by atoms with Gasteiger partial charge in [0.05, 0.1) is 6.54 Å². The molecule has 2 heteroatoms. The maximum absolute atomic E-state index is 4.29. The molecular weight excluding hydrogens is 352 g/mol. The van der Waals surface area contributed by atoms with Crippen LogP contribution in [0.1, 0.15) is 5.56 Å². The van der Waals surface area contributed by atoms with Gasteiger partial charge in [0, 0.05) is 18.0 Å². The first kappa shape index (κ1) is 17.3. The normalized spacial score (nSPS) is 11.0. The quantitative estimate of drug-likeness (QED) is 0.248. The Morgan fingerprint density at radius 1 is 0.690 bits per heavy atom. The average Bonchev–Trinajstić information content (AvgIpc) is 2.79. The second-order valence-corrected chi connectivity index (χ2v) is 7.23. The Bertz CT molecular complexity index is 1340. The van der Waals surface area contributed by atoms with Crippen LogP contribution in [0.15, 0.2) is 102 Å². The van der Waals surface area contributed by atoms with Crippen molar-refractivity contribution in [2.45, 2.75) is 6.54 Å². The lowest BCUT2D eigenvalue weighted by molar-refractivity contribution is 1.08. The minimum Gasteiger partial charge on any atom is -0.296 e. The highest BCUT2D eigenvalue weighted by Crippen LogP contribution is 2.37. The Labute approximate surface area is 170 Å². The van der Waals surface area contributed by atoms with Gasteiger partial charge in [-0.25, -0.2) is 0 Å². The summed E-state index contributed by atoms with van der Waals surface area (Å²) in [5.41, 5.74) is 5.81. The van der Waals surface area contributed by atoms with Crippen molar-refractivity contribution in [2.24, 2.45) is 4.99 Å². The zero-order valence-corrected chi connectivity index (χ0v) is 16.0. The van der Waals surface area contributed by atoms with Crippen LogP contribution in [0.2, 0.25) is 0 Å². The van der Waals surface area contributed by atoms with Gasteiger partial charge in [-0.1, -0.05) is 54.6 Å². The molecule has 1 heterocycles. The molecule has 138 valence electrons. The van der Waals surface area contributed by atoms with E-state index < -0.39 is 0 Å². The molecule has 0 unspecified atom stereocenters. The van der Waals surface area contributed by atoms with E-state index in [1.807, 2.05) is 12.3 Å². The predicted molar refractivity (Wildman–Crippen MR) is 123 cm³/mol. The first-order valence-electron chi connectivity index (χ1n) is 9.71.